The summed E-state index contributed by atoms with van der Waals surface area (Å²) in [5.41, 5.74) is 0.621. The summed E-state index contributed by atoms with van der Waals surface area (Å²) in [7, 11) is -3.09. The summed E-state index contributed by atoms with van der Waals surface area (Å²) in [4.78, 5) is 22.5. The van der Waals surface area contributed by atoms with Gasteiger partial charge >= 0.3 is 10.2 Å². The Morgan fingerprint density at radius 3 is 2.91 bits per heavy atom. The van der Waals surface area contributed by atoms with E-state index >= 15 is 0 Å². The molecule has 3 heterocycles. The molecule has 0 N–H and O–H groups in total. The van der Waals surface area contributed by atoms with E-state index in [4.69, 9.17) is 4.74 Å². The van der Waals surface area contributed by atoms with E-state index in [9.17, 15) is 17.1 Å². The highest BCUT2D eigenvalue weighted by Crippen LogP contribution is 2.33. The van der Waals surface area contributed by atoms with Crippen LogP contribution in [-0.4, -0.2) is 43.7 Å². The number of anilines is 1. The number of carbonyl (C=O) groups is 1. The van der Waals surface area contributed by atoms with E-state index < -0.39 is 21.9 Å². The Bertz CT molecular complexity index is 836. The van der Waals surface area contributed by atoms with Gasteiger partial charge in [-0.3, -0.25) is 9.69 Å². The summed E-state index contributed by atoms with van der Waals surface area (Å²) in [5, 5.41) is 0.430. The molecule has 1 aliphatic rings. The van der Waals surface area contributed by atoms with Gasteiger partial charge in [0, 0.05) is 24.9 Å². The fraction of sp³-hybridized carbons (Fsp3) is 0.417. The summed E-state index contributed by atoms with van der Waals surface area (Å²) in [6.45, 7) is 0.138. The number of carbonyl (C=O) groups excluding carboxylic acids is 1. The Morgan fingerprint density at radius 1 is 1.45 bits per heavy atom. The highest BCUT2D eigenvalue weighted by atomic mass is 32.3. The Balaban J connectivity index is 1.86. The van der Waals surface area contributed by atoms with Gasteiger partial charge in [-0.05, 0) is 6.07 Å². The molecule has 7 nitrogen and oxygen atoms in total. The third-order valence-electron chi connectivity index (χ3n) is 3.30. The number of aromatic nitrogens is 2. The Hall–Kier alpha value is -1.81. The van der Waals surface area contributed by atoms with Crippen molar-refractivity contribution in [3.63, 3.8) is 0 Å². The van der Waals surface area contributed by atoms with Crippen LogP contribution in [0.3, 0.4) is 0 Å². The second-order valence-corrected chi connectivity index (χ2v) is 7.32. The van der Waals surface area contributed by atoms with Crippen LogP contribution in [0, 0.1) is 5.92 Å². The number of methoxy groups -OCH3 is 1. The number of fused-ring (bicyclic) bond motifs is 1. The van der Waals surface area contributed by atoms with Gasteiger partial charge in [-0.25, -0.2) is 9.97 Å². The molecule has 0 bridgehead atoms. The Kier molecular flexibility index (Phi) is 3.73. The second-order valence-electron chi connectivity index (χ2n) is 4.95. The molecule has 2 aromatic heterocycles. The van der Waals surface area contributed by atoms with Gasteiger partial charge in [0.15, 0.2) is 5.13 Å². The van der Waals surface area contributed by atoms with Crippen LogP contribution in [0.5, 0.6) is 5.88 Å². The molecule has 0 radical (unpaired) electrons. The summed E-state index contributed by atoms with van der Waals surface area (Å²) in [6.07, 6.45) is -0.00414. The quantitative estimate of drug-likeness (QED) is 0.777. The van der Waals surface area contributed by atoms with E-state index in [1.807, 2.05) is 0 Å². The number of halogens is 1. The molecule has 118 valence electrons. The van der Waals surface area contributed by atoms with E-state index in [0.717, 1.165) is 0 Å². The fourth-order valence-corrected chi connectivity index (χ4v) is 4.12. The maximum atomic E-state index is 12.8. The lowest BCUT2D eigenvalue weighted by molar-refractivity contribution is -0.117. The van der Waals surface area contributed by atoms with Crippen LogP contribution in [0.2, 0.25) is 0 Å². The molecule has 0 spiro atoms. The minimum Gasteiger partial charge on any atom is -0.481 e. The normalized spacial score (nSPS) is 19.1. The Morgan fingerprint density at radius 2 is 2.23 bits per heavy atom. The first-order chi connectivity index (χ1) is 10.4. The standard InChI is InChI=1S/C12H12FN3O4S2/c1-20-9-3-2-8-11(15-9)21-12(14-8)16-5-7(4-10(16)17)6-22(13,18)19/h2-3,7H,4-6H2,1H3. The average Bonchev–Trinajstić information content (AvgIpc) is 2.98. The minimum absolute atomic E-state index is 0.00414. The van der Waals surface area contributed by atoms with Crippen LogP contribution in [0.1, 0.15) is 6.42 Å². The number of hydrogen-bond acceptors (Lipinski definition) is 7. The Labute approximate surface area is 129 Å². The first-order valence-corrected chi connectivity index (χ1v) is 8.77. The van der Waals surface area contributed by atoms with Crippen LogP contribution in [0.15, 0.2) is 12.1 Å². The molecule has 10 heteroatoms. The van der Waals surface area contributed by atoms with Crippen molar-refractivity contribution < 1.29 is 21.8 Å². The first kappa shape index (κ1) is 15.1. The highest BCUT2D eigenvalue weighted by molar-refractivity contribution is 7.86. The molecule has 1 amide bonds. The van der Waals surface area contributed by atoms with Crippen LogP contribution in [0.4, 0.5) is 9.02 Å². The molecular formula is C12H12FN3O4S2. The third-order valence-corrected chi connectivity index (χ3v) is 5.16. The van der Waals surface area contributed by atoms with Gasteiger partial charge in [-0.1, -0.05) is 11.3 Å². The van der Waals surface area contributed by atoms with E-state index in [2.05, 4.69) is 9.97 Å². The number of ether oxygens (including phenoxy) is 1. The van der Waals surface area contributed by atoms with Crippen molar-refractivity contribution >= 4 is 42.9 Å². The lowest BCUT2D eigenvalue weighted by Crippen LogP contribution is -2.25. The maximum absolute atomic E-state index is 12.8. The van der Waals surface area contributed by atoms with E-state index in [0.29, 0.717) is 21.4 Å². The zero-order valence-electron chi connectivity index (χ0n) is 11.5. The molecule has 0 aromatic carbocycles. The molecule has 1 atom stereocenters. The monoisotopic (exact) mass is 345 g/mol. The fourth-order valence-electron chi connectivity index (χ4n) is 2.38. The molecule has 1 fully saturated rings. The number of amides is 1. The van der Waals surface area contributed by atoms with E-state index in [-0.39, 0.29) is 18.9 Å². The van der Waals surface area contributed by atoms with Crippen molar-refractivity contribution in [2.45, 2.75) is 6.42 Å². The largest absolute Gasteiger partial charge is 0.481 e. The molecule has 0 aliphatic carbocycles. The summed E-state index contributed by atoms with van der Waals surface area (Å²) in [5.74, 6) is -1.03. The zero-order valence-corrected chi connectivity index (χ0v) is 13.2. The van der Waals surface area contributed by atoms with Gasteiger partial charge in [0.1, 0.15) is 10.3 Å². The second kappa shape index (κ2) is 5.43. The molecule has 1 saturated heterocycles. The van der Waals surface area contributed by atoms with Gasteiger partial charge < -0.3 is 4.74 Å². The van der Waals surface area contributed by atoms with Gasteiger partial charge in [0.05, 0.1) is 12.9 Å². The van der Waals surface area contributed by atoms with Crippen molar-refractivity contribution in [1.82, 2.24) is 9.97 Å². The van der Waals surface area contributed by atoms with Crippen molar-refractivity contribution in [2.75, 3.05) is 24.3 Å². The number of nitrogens with zero attached hydrogens (tertiary/aromatic N) is 3. The first-order valence-electron chi connectivity index (χ1n) is 6.40. The van der Waals surface area contributed by atoms with Gasteiger partial charge in [-0.2, -0.15) is 8.42 Å². The van der Waals surface area contributed by atoms with E-state index in [1.54, 1.807) is 12.1 Å². The van der Waals surface area contributed by atoms with Crippen molar-refractivity contribution in [3.8, 4) is 5.88 Å². The molecule has 1 aliphatic heterocycles. The molecule has 1 unspecified atom stereocenters. The van der Waals surface area contributed by atoms with Crippen molar-refractivity contribution in [3.05, 3.63) is 12.1 Å². The van der Waals surface area contributed by atoms with Gasteiger partial charge in [-0.15, -0.1) is 3.89 Å². The number of hydrogen-bond donors (Lipinski definition) is 0. The van der Waals surface area contributed by atoms with Crippen LogP contribution < -0.4 is 9.64 Å². The average molecular weight is 345 g/mol. The number of thiazole rings is 1. The van der Waals surface area contributed by atoms with Gasteiger partial charge in [0.2, 0.25) is 11.8 Å². The topological polar surface area (TPSA) is 89.5 Å². The predicted molar refractivity (Wildman–Crippen MR) is 79.3 cm³/mol. The maximum Gasteiger partial charge on any atom is 0.302 e. The third kappa shape index (κ3) is 3.02. The van der Waals surface area contributed by atoms with Crippen LogP contribution in [-0.2, 0) is 15.0 Å². The molecular weight excluding hydrogens is 333 g/mol. The summed E-state index contributed by atoms with van der Waals surface area (Å²) in [6, 6.07) is 3.39. The number of pyridine rings is 1. The van der Waals surface area contributed by atoms with Crippen molar-refractivity contribution in [2.24, 2.45) is 5.92 Å². The zero-order chi connectivity index (χ0) is 15.9. The van der Waals surface area contributed by atoms with Gasteiger partial charge in [0.25, 0.3) is 0 Å². The molecule has 2 aromatic rings. The SMILES string of the molecule is COc1ccc2nc(N3CC(CS(=O)(=O)F)CC3=O)sc2n1. The van der Waals surface area contributed by atoms with E-state index in [1.165, 1.54) is 23.3 Å². The highest BCUT2D eigenvalue weighted by Gasteiger charge is 2.35. The molecule has 0 saturated carbocycles. The molecule has 22 heavy (non-hydrogen) atoms. The predicted octanol–water partition coefficient (Wildman–Crippen LogP) is 1.35. The number of rotatable bonds is 4. The molecule has 3 rings (SSSR count). The van der Waals surface area contributed by atoms with Crippen LogP contribution in [0.25, 0.3) is 10.3 Å². The smallest absolute Gasteiger partial charge is 0.302 e. The summed E-state index contributed by atoms with van der Waals surface area (Å²) >= 11 is 1.21. The summed E-state index contributed by atoms with van der Waals surface area (Å²) < 4.78 is 39.2. The van der Waals surface area contributed by atoms with Crippen molar-refractivity contribution in [1.29, 1.82) is 0 Å². The lowest BCUT2D eigenvalue weighted by atomic mass is 10.1. The van der Waals surface area contributed by atoms with Crippen LogP contribution >= 0.6 is 11.3 Å². The lowest BCUT2D eigenvalue weighted by Gasteiger charge is -2.11. The minimum atomic E-state index is -4.59.